The quantitative estimate of drug-likeness (QED) is 0.0771. The van der Waals surface area contributed by atoms with Crippen molar-refractivity contribution in [2.45, 2.75) is 91.0 Å². The Morgan fingerprint density at radius 2 is 1.57 bits per heavy atom. The molecule has 2 heterocycles. The number of carbonyl (C=O) groups is 4. The summed E-state index contributed by atoms with van der Waals surface area (Å²) in [5.74, 6) is -1.71. The number of carbonyl (C=O) groups excluding carboxylic acids is 3. The van der Waals surface area contributed by atoms with Crippen LogP contribution in [0.1, 0.15) is 105 Å². The van der Waals surface area contributed by atoms with E-state index in [2.05, 4.69) is 22.5 Å². The van der Waals surface area contributed by atoms with Gasteiger partial charge in [0.15, 0.2) is 0 Å². The van der Waals surface area contributed by atoms with Gasteiger partial charge in [-0.1, -0.05) is 43.3 Å². The number of nitrogens with one attached hydrogen (secondary N) is 2. The zero-order valence-electron chi connectivity index (χ0n) is 31.4. The Morgan fingerprint density at radius 1 is 0.889 bits per heavy atom. The van der Waals surface area contributed by atoms with Gasteiger partial charge in [0, 0.05) is 29.2 Å². The maximum atomic E-state index is 13.9. The van der Waals surface area contributed by atoms with Crippen molar-refractivity contribution in [3.63, 3.8) is 0 Å². The molecule has 0 bridgehead atoms. The Hall–Kier alpha value is -4.84. The normalized spacial score (nSPS) is 16.4. The zero-order valence-corrected chi connectivity index (χ0v) is 32.2. The highest BCUT2D eigenvalue weighted by Gasteiger charge is 2.47. The molecule has 1 aliphatic heterocycles. The predicted molar refractivity (Wildman–Crippen MR) is 210 cm³/mol. The number of hydrogen-bond acceptors (Lipinski definition) is 8. The summed E-state index contributed by atoms with van der Waals surface area (Å²) in [6.07, 6.45) is 6.36. The molecule has 0 saturated carbocycles. The third kappa shape index (κ3) is 9.44. The van der Waals surface area contributed by atoms with Gasteiger partial charge in [-0.2, -0.15) is 0 Å². The molecule has 6 rings (SSSR count). The van der Waals surface area contributed by atoms with Crippen LogP contribution in [-0.2, 0) is 46.5 Å². The van der Waals surface area contributed by atoms with Gasteiger partial charge in [0.1, 0.15) is 17.3 Å². The van der Waals surface area contributed by atoms with Crippen LogP contribution in [0.25, 0.3) is 0 Å². The number of aryl methyl sites for hydroxylation is 3. The standard InChI is InChI=1S/C43H49N3O7S/c1-5-23-46(40-34(53-40)25-43(2,3)42(50)51)26-29-9-8-10-31(24-29)37(47)45-39-36(33-11-6-7-12-35(33)54-39)38(48)44-32-21-17-28(18-22-32)14-13-27-15-19-30(20-16-27)41(49)52-4/h8-10,15-22,24,34,40H,5-7,11-14,23,25-26H2,1-4H3,(H,44,48)(H,45,47)(H,50,51). The number of benzene rings is 3. The molecule has 3 aromatic carbocycles. The first-order valence-corrected chi connectivity index (χ1v) is 19.5. The van der Waals surface area contributed by atoms with Gasteiger partial charge in [-0.15, -0.1) is 11.3 Å². The molecule has 11 heteroatoms. The minimum Gasteiger partial charge on any atom is -0.481 e. The minimum atomic E-state index is -0.874. The number of rotatable bonds is 16. The van der Waals surface area contributed by atoms with Crippen molar-refractivity contribution < 1.29 is 33.8 Å². The lowest BCUT2D eigenvalue weighted by Crippen LogP contribution is -2.31. The smallest absolute Gasteiger partial charge is 0.337 e. The molecule has 2 aliphatic rings. The van der Waals surface area contributed by atoms with Crippen LogP contribution in [0.4, 0.5) is 10.7 Å². The van der Waals surface area contributed by atoms with E-state index in [4.69, 9.17) is 9.47 Å². The highest BCUT2D eigenvalue weighted by molar-refractivity contribution is 7.17. The molecule has 1 aliphatic carbocycles. The van der Waals surface area contributed by atoms with E-state index in [9.17, 15) is 24.3 Å². The van der Waals surface area contributed by atoms with Crippen LogP contribution in [0.2, 0.25) is 0 Å². The number of amides is 2. The molecular weight excluding hydrogens is 703 g/mol. The van der Waals surface area contributed by atoms with Gasteiger partial charge in [0.05, 0.1) is 23.7 Å². The van der Waals surface area contributed by atoms with Crippen molar-refractivity contribution in [2.75, 3.05) is 24.3 Å². The summed E-state index contributed by atoms with van der Waals surface area (Å²) in [7, 11) is 1.37. The van der Waals surface area contributed by atoms with Gasteiger partial charge in [0.25, 0.3) is 11.8 Å². The summed E-state index contributed by atoms with van der Waals surface area (Å²) in [6.45, 7) is 6.88. The summed E-state index contributed by atoms with van der Waals surface area (Å²) in [5, 5.41) is 16.3. The second kappa shape index (κ2) is 17.1. The van der Waals surface area contributed by atoms with Gasteiger partial charge >= 0.3 is 11.9 Å². The van der Waals surface area contributed by atoms with E-state index in [1.807, 2.05) is 54.6 Å². The number of carboxylic acid groups (broad SMARTS) is 1. The Kier molecular flexibility index (Phi) is 12.3. The monoisotopic (exact) mass is 751 g/mol. The Morgan fingerprint density at radius 3 is 2.24 bits per heavy atom. The van der Waals surface area contributed by atoms with Gasteiger partial charge in [-0.05, 0) is 124 Å². The lowest BCUT2D eigenvalue weighted by molar-refractivity contribution is -0.147. The Labute approximate surface area is 320 Å². The summed E-state index contributed by atoms with van der Waals surface area (Å²) in [6, 6.07) is 22.7. The first-order chi connectivity index (χ1) is 25.9. The first kappa shape index (κ1) is 38.9. The molecule has 0 spiro atoms. The Bertz CT molecular complexity index is 1990. The van der Waals surface area contributed by atoms with Crippen LogP contribution in [0.3, 0.4) is 0 Å². The van der Waals surface area contributed by atoms with Crippen molar-refractivity contribution >= 4 is 45.8 Å². The highest BCUT2D eigenvalue weighted by atomic mass is 32.1. The van der Waals surface area contributed by atoms with Crippen LogP contribution in [0.5, 0.6) is 0 Å². The number of fused-ring (bicyclic) bond motifs is 1. The molecule has 4 aromatic rings. The van der Waals surface area contributed by atoms with Crippen LogP contribution < -0.4 is 10.6 Å². The third-order valence-corrected chi connectivity index (χ3v) is 11.4. The van der Waals surface area contributed by atoms with E-state index in [-0.39, 0.29) is 30.1 Å². The van der Waals surface area contributed by atoms with Crippen LogP contribution in [0.15, 0.2) is 72.8 Å². The SMILES string of the molecule is CCCN(Cc1cccc(C(=O)Nc2sc3c(c2C(=O)Nc2ccc(CCc4ccc(C(=O)OC)cc4)cc2)CCCC3)c1)C1OC1CC(C)(C)C(=O)O. The fourth-order valence-electron chi connectivity index (χ4n) is 7.05. The largest absolute Gasteiger partial charge is 0.481 e. The molecule has 1 fully saturated rings. The number of carboxylic acids is 1. The number of anilines is 2. The second-order valence-electron chi connectivity index (χ2n) is 14.8. The van der Waals surface area contributed by atoms with Crippen LogP contribution in [-0.4, -0.2) is 59.7 Å². The van der Waals surface area contributed by atoms with E-state index in [0.29, 0.717) is 40.3 Å². The summed E-state index contributed by atoms with van der Waals surface area (Å²) < 4.78 is 10.7. The summed E-state index contributed by atoms with van der Waals surface area (Å²) >= 11 is 1.49. The van der Waals surface area contributed by atoms with Crippen molar-refractivity contribution in [2.24, 2.45) is 5.41 Å². The number of hydrogen-bond donors (Lipinski definition) is 3. The molecule has 1 saturated heterocycles. The number of thiophene rings is 1. The van der Waals surface area contributed by atoms with Gasteiger partial charge in [-0.25, -0.2) is 4.79 Å². The van der Waals surface area contributed by atoms with Crippen molar-refractivity contribution in [1.82, 2.24) is 4.90 Å². The van der Waals surface area contributed by atoms with E-state index in [1.54, 1.807) is 32.0 Å². The van der Waals surface area contributed by atoms with Crippen molar-refractivity contribution in [3.8, 4) is 0 Å². The number of nitrogens with zero attached hydrogens (tertiary/aromatic N) is 1. The first-order valence-electron chi connectivity index (χ1n) is 18.7. The van der Waals surface area contributed by atoms with E-state index < -0.39 is 11.4 Å². The molecule has 2 unspecified atom stereocenters. The molecule has 3 N–H and O–H groups in total. The lowest BCUT2D eigenvalue weighted by Gasteiger charge is -2.22. The topological polar surface area (TPSA) is 138 Å². The van der Waals surface area contributed by atoms with E-state index in [0.717, 1.165) is 78.6 Å². The molecular formula is C43H49N3O7S. The maximum absolute atomic E-state index is 13.9. The fourth-order valence-corrected chi connectivity index (χ4v) is 8.34. The van der Waals surface area contributed by atoms with E-state index in [1.165, 1.54) is 18.4 Å². The fraction of sp³-hybridized carbons (Fsp3) is 0.395. The maximum Gasteiger partial charge on any atom is 0.337 e. The minimum absolute atomic E-state index is 0.147. The van der Waals surface area contributed by atoms with E-state index >= 15 is 0 Å². The van der Waals surface area contributed by atoms with Gasteiger partial charge in [0.2, 0.25) is 0 Å². The van der Waals surface area contributed by atoms with Gasteiger partial charge < -0.3 is 25.2 Å². The number of aliphatic carboxylic acids is 1. The Balaban J connectivity index is 1.10. The van der Waals surface area contributed by atoms with Crippen molar-refractivity contribution in [1.29, 1.82) is 0 Å². The molecule has 0 radical (unpaired) electrons. The molecule has 1 aromatic heterocycles. The lowest BCUT2D eigenvalue weighted by atomic mass is 9.88. The number of methoxy groups -OCH3 is 1. The second-order valence-corrected chi connectivity index (χ2v) is 15.9. The zero-order chi connectivity index (χ0) is 38.4. The van der Waals surface area contributed by atoms with Gasteiger partial charge in [-0.3, -0.25) is 19.3 Å². The third-order valence-electron chi connectivity index (χ3n) is 10.2. The molecule has 2 amide bonds. The molecule has 54 heavy (non-hydrogen) atoms. The van der Waals surface area contributed by atoms with Crippen LogP contribution >= 0.6 is 11.3 Å². The highest BCUT2D eigenvalue weighted by Crippen LogP contribution is 2.40. The van der Waals surface area contributed by atoms with Crippen molar-refractivity contribution in [3.05, 3.63) is 117 Å². The number of esters is 1. The average molecular weight is 752 g/mol. The molecule has 2 atom stereocenters. The molecule has 10 nitrogen and oxygen atoms in total. The number of ether oxygens (including phenoxy) is 2. The number of epoxide rings is 1. The molecule has 284 valence electrons. The predicted octanol–water partition coefficient (Wildman–Crippen LogP) is 8.14. The summed E-state index contributed by atoms with van der Waals surface area (Å²) in [4.78, 5) is 54.4. The summed E-state index contributed by atoms with van der Waals surface area (Å²) in [5.41, 5.74) is 5.56. The average Bonchev–Trinajstić information content (AvgIpc) is 3.82. The van der Waals surface area contributed by atoms with Crippen LogP contribution in [0, 0.1) is 5.41 Å².